The van der Waals surface area contributed by atoms with Gasteiger partial charge in [0.05, 0.1) is 0 Å². The molecule has 0 atom stereocenters. The highest BCUT2D eigenvalue weighted by molar-refractivity contribution is 8.01. The Bertz CT molecular complexity index is 595. The van der Waals surface area contributed by atoms with Crippen LogP contribution in [0.4, 0.5) is 5.69 Å². The maximum absolute atomic E-state index is 11.8. The molecule has 0 unspecified atom stereocenters. The molecule has 2 rings (SSSR count). The first-order valence-corrected chi connectivity index (χ1v) is 7.57. The van der Waals surface area contributed by atoms with Crippen molar-refractivity contribution in [3.8, 4) is 0 Å². The van der Waals surface area contributed by atoms with Crippen molar-refractivity contribution in [2.45, 2.75) is 23.1 Å². The molecule has 1 aromatic heterocycles. The van der Waals surface area contributed by atoms with E-state index in [1.807, 2.05) is 25.3 Å². The fourth-order valence-electron chi connectivity index (χ4n) is 1.50. The summed E-state index contributed by atoms with van der Waals surface area (Å²) in [6.07, 6.45) is 0. The molecule has 0 saturated carbocycles. The zero-order chi connectivity index (χ0) is 13.8. The van der Waals surface area contributed by atoms with E-state index in [1.165, 1.54) is 11.8 Å². The van der Waals surface area contributed by atoms with Gasteiger partial charge in [0.15, 0.2) is 4.34 Å². The molecule has 0 saturated heterocycles. The van der Waals surface area contributed by atoms with E-state index in [9.17, 15) is 4.79 Å². The molecule has 4 nitrogen and oxygen atoms in total. The third kappa shape index (κ3) is 3.48. The number of hydrogen-bond donors (Lipinski definition) is 2. The Labute approximate surface area is 120 Å². The Morgan fingerprint density at radius 1 is 1.53 bits per heavy atom. The van der Waals surface area contributed by atoms with Crippen molar-refractivity contribution in [2.75, 3.05) is 12.3 Å². The number of anilines is 1. The van der Waals surface area contributed by atoms with E-state index < -0.39 is 0 Å². The van der Waals surface area contributed by atoms with E-state index in [1.54, 1.807) is 23.5 Å². The number of rotatable bonds is 4. The van der Waals surface area contributed by atoms with Gasteiger partial charge >= 0.3 is 0 Å². The average Bonchev–Trinajstić information content (AvgIpc) is 2.78. The summed E-state index contributed by atoms with van der Waals surface area (Å²) < 4.78 is 0.928. The van der Waals surface area contributed by atoms with E-state index in [0.29, 0.717) is 17.8 Å². The number of carbonyl (C=O) groups excluding carboxylic acids is 1. The number of aromatic nitrogens is 1. The monoisotopic (exact) mass is 293 g/mol. The largest absolute Gasteiger partial charge is 0.398 e. The van der Waals surface area contributed by atoms with Gasteiger partial charge in [-0.2, -0.15) is 0 Å². The van der Waals surface area contributed by atoms with Gasteiger partial charge in [-0.15, -0.1) is 11.3 Å². The molecule has 1 aromatic carbocycles. The van der Waals surface area contributed by atoms with Gasteiger partial charge in [-0.05, 0) is 32.0 Å². The minimum absolute atomic E-state index is 0.0836. The van der Waals surface area contributed by atoms with Gasteiger partial charge in [0, 0.05) is 33.8 Å². The van der Waals surface area contributed by atoms with Crippen LogP contribution in [0.2, 0.25) is 0 Å². The van der Waals surface area contributed by atoms with Crippen LogP contribution in [0, 0.1) is 6.92 Å². The fraction of sp³-hybridized carbons (Fsp3) is 0.231. The highest BCUT2D eigenvalue weighted by atomic mass is 32.2. The summed E-state index contributed by atoms with van der Waals surface area (Å²) in [4.78, 5) is 17.0. The average molecular weight is 293 g/mol. The standard InChI is InChI=1S/C13H15N3OS2/c1-3-15-12(17)9-4-5-10(14)11(6-9)19-13-16-8(2)7-18-13/h4-7H,3,14H2,1-2H3,(H,15,17). The van der Waals surface area contributed by atoms with Crippen LogP contribution in [-0.4, -0.2) is 17.4 Å². The van der Waals surface area contributed by atoms with Gasteiger partial charge in [-0.3, -0.25) is 4.79 Å². The Morgan fingerprint density at radius 3 is 2.95 bits per heavy atom. The molecular formula is C13H15N3OS2. The molecule has 0 spiro atoms. The molecule has 1 amide bonds. The van der Waals surface area contributed by atoms with Crippen molar-refractivity contribution in [2.24, 2.45) is 0 Å². The normalized spacial score (nSPS) is 10.4. The molecule has 2 aromatic rings. The summed E-state index contributed by atoms with van der Waals surface area (Å²) in [5, 5.41) is 4.77. The van der Waals surface area contributed by atoms with Crippen LogP contribution in [0.1, 0.15) is 23.0 Å². The summed E-state index contributed by atoms with van der Waals surface area (Å²) in [6, 6.07) is 5.30. The number of hydrogen-bond acceptors (Lipinski definition) is 5. The maximum atomic E-state index is 11.8. The molecule has 100 valence electrons. The van der Waals surface area contributed by atoms with Crippen molar-refractivity contribution in [1.82, 2.24) is 10.3 Å². The van der Waals surface area contributed by atoms with E-state index in [0.717, 1.165) is 14.9 Å². The third-order valence-electron chi connectivity index (χ3n) is 2.41. The number of benzene rings is 1. The molecule has 0 aliphatic heterocycles. The zero-order valence-electron chi connectivity index (χ0n) is 10.8. The SMILES string of the molecule is CCNC(=O)c1ccc(N)c(Sc2nc(C)cs2)c1. The third-order valence-corrected chi connectivity index (χ3v) is 4.54. The minimum atomic E-state index is -0.0836. The zero-order valence-corrected chi connectivity index (χ0v) is 12.4. The summed E-state index contributed by atoms with van der Waals surface area (Å²) in [7, 11) is 0. The summed E-state index contributed by atoms with van der Waals surface area (Å²) in [5.74, 6) is -0.0836. The van der Waals surface area contributed by atoms with Crippen molar-refractivity contribution in [1.29, 1.82) is 0 Å². The second-order valence-corrected chi connectivity index (χ2v) is 6.12. The number of carbonyl (C=O) groups is 1. The van der Waals surface area contributed by atoms with E-state index in [4.69, 9.17) is 5.73 Å². The van der Waals surface area contributed by atoms with Crippen LogP contribution in [0.15, 0.2) is 32.8 Å². The van der Waals surface area contributed by atoms with Crippen LogP contribution in [0.3, 0.4) is 0 Å². The molecule has 0 radical (unpaired) electrons. The molecule has 6 heteroatoms. The summed E-state index contributed by atoms with van der Waals surface area (Å²) in [5.41, 5.74) is 8.21. The van der Waals surface area contributed by atoms with Gasteiger partial charge in [0.25, 0.3) is 5.91 Å². The topological polar surface area (TPSA) is 68.0 Å². The number of amides is 1. The summed E-state index contributed by atoms with van der Waals surface area (Å²) >= 11 is 3.06. The second kappa shape index (κ2) is 6.08. The lowest BCUT2D eigenvalue weighted by atomic mass is 10.2. The van der Waals surface area contributed by atoms with E-state index in [2.05, 4.69) is 10.3 Å². The predicted molar refractivity (Wildman–Crippen MR) is 79.8 cm³/mol. The first-order valence-electron chi connectivity index (χ1n) is 5.88. The van der Waals surface area contributed by atoms with Crippen LogP contribution >= 0.6 is 23.1 Å². The molecule has 3 N–H and O–H groups in total. The Hall–Kier alpha value is -1.53. The molecule has 0 aliphatic rings. The van der Waals surface area contributed by atoms with Gasteiger partial charge in [0.1, 0.15) is 0 Å². The molecule has 0 aliphatic carbocycles. The Balaban J connectivity index is 2.24. The minimum Gasteiger partial charge on any atom is -0.398 e. The fourth-order valence-corrected chi connectivity index (χ4v) is 3.38. The molecule has 1 heterocycles. The lowest BCUT2D eigenvalue weighted by Gasteiger charge is -2.07. The highest BCUT2D eigenvalue weighted by Crippen LogP contribution is 2.34. The molecule has 19 heavy (non-hydrogen) atoms. The number of aryl methyl sites for hydroxylation is 1. The lowest BCUT2D eigenvalue weighted by molar-refractivity contribution is 0.0955. The van der Waals surface area contributed by atoms with Crippen LogP contribution in [0.5, 0.6) is 0 Å². The maximum Gasteiger partial charge on any atom is 0.251 e. The first-order chi connectivity index (χ1) is 9.10. The summed E-state index contributed by atoms with van der Waals surface area (Å²) in [6.45, 7) is 4.45. The lowest BCUT2D eigenvalue weighted by Crippen LogP contribution is -2.22. The Kier molecular flexibility index (Phi) is 4.44. The van der Waals surface area contributed by atoms with E-state index in [-0.39, 0.29) is 5.91 Å². The van der Waals surface area contributed by atoms with Crippen molar-refractivity contribution >= 4 is 34.7 Å². The number of nitrogen functional groups attached to an aromatic ring is 1. The van der Waals surface area contributed by atoms with Crippen molar-refractivity contribution in [3.05, 3.63) is 34.8 Å². The van der Waals surface area contributed by atoms with Crippen LogP contribution in [-0.2, 0) is 0 Å². The Morgan fingerprint density at radius 2 is 2.32 bits per heavy atom. The van der Waals surface area contributed by atoms with Crippen LogP contribution < -0.4 is 11.1 Å². The predicted octanol–water partition coefficient (Wildman–Crippen LogP) is 2.93. The quantitative estimate of drug-likeness (QED) is 0.851. The van der Waals surface area contributed by atoms with Crippen molar-refractivity contribution in [3.63, 3.8) is 0 Å². The number of nitrogens with one attached hydrogen (secondary N) is 1. The number of nitrogens with two attached hydrogens (primary N) is 1. The number of thiazole rings is 1. The molecule has 0 fully saturated rings. The van der Waals surface area contributed by atoms with Gasteiger partial charge in [-0.1, -0.05) is 11.8 Å². The smallest absolute Gasteiger partial charge is 0.251 e. The molecular weight excluding hydrogens is 278 g/mol. The van der Waals surface area contributed by atoms with Crippen molar-refractivity contribution < 1.29 is 4.79 Å². The first kappa shape index (κ1) is 13.9. The van der Waals surface area contributed by atoms with Crippen LogP contribution in [0.25, 0.3) is 0 Å². The van der Waals surface area contributed by atoms with E-state index >= 15 is 0 Å². The van der Waals surface area contributed by atoms with Gasteiger partial charge < -0.3 is 11.1 Å². The second-order valence-electron chi connectivity index (χ2n) is 3.97. The number of nitrogens with zero attached hydrogens (tertiary/aromatic N) is 1. The molecule has 0 bridgehead atoms. The highest BCUT2D eigenvalue weighted by Gasteiger charge is 2.10. The van der Waals surface area contributed by atoms with Gasteiger partial charge in [0.2, 0.25) is 0 Å². The van der Waals surface area contributed by atoms with Gasteiger partial charge in [-0.25, -0.2) is 4.98 Å².